The zero-order chi connectivity index (χ0) is 14.8. The molecule has 7 nitrogen and oxygen atoms in total. The maximum absolute atomic E-state index is 13.4. The lowest BCUT2D eigenvalue weighted by atomic mass is 10.3. The van der Waals surface area contributed by atoms with Crippen molar-refractivity contribution in [2.24, 2.45) is 0 Å². The minimum Gasteiger partial charge on any atom is -0.258 e. The van der Waals surface area contributed by atoms with E-state index >= 15 is 0 Å². The van der Waals surface area contributed by atoms with Gasteiger partial charge in [-0.15, -0.1) is 0 Å². The highest BCUT2D eigenvalue weighted by molar-refractivity contribution is 7.89. The van der Waals surface area contributed by atoms with Gasteiger partial charge in [0.15, 0.2) is 0 Å². The van der Waals surface area contributed by atoms with E-state index in [0.717, 1.165) is 16.4 Å². The van der Waals surface area contributed by atoms with Crippen LogP contribution in [-0.2, 0) is 10.0 Å². The Morgan fingerprint density at radius 2 is 2.11 bits per heavy atom. The lowest BCUT2D eigenvalue weighted by Gasteiger charge is -2.18. The lowest BCUT2D eigenvalue weighted by molar-refractivity contribution is -0.387. The van der Waals surface area contributed by atoms with Crippen molar-refractivity contribution in [1.82, 2.24) is 4.31 Å². The molecular formula is C10H10FN3O4S. The SMILES string of the molecule is CC(C#N)N(C)S(=O)(=O)c1ccc([N+](=O)[O-])c(F)c1. The first-order valence-corrected chi connectivity index (χ1v) is 6.47. The number of hydrogen-bond acceptors (Lipinski definition) is 5. The van der Waals surface area contributed by atoms with Crippen LogP contribution in [0.15, 0.2) is 23.1 Å². The molecule has 0 saturated carbocycles. The summed E-state index contributed by atoms with van der Waals surface area (Å²) < 4.78 is 38.2. The van der Waals surface area contributed by atoms with E-state index in [-0.39, 0.29) is 0 Å². The van der Waals surface area contributed by atoms with Crippen molar-refractivity contribution in [3.63, 3.8) is 0 Å². The zero-order valence-corrected chi connectivity index (χ0v) is 10.9. The molecule has 0 spiro atoms. The Morgan fingerprint density at radius 3 is 2.53 bits per heavy atom. The molecule has 1 rings (SSSR count). The number of nitro benzene ring substituents is 1. The van der Waals surface area contributed by atoms with Gasteiger partial charge in [0.2, 0.25) is 15.8 Å². The second-order valence-corrected chi connectivity index (χ2v) is 5.69. The van der Waals surface area contributed by atoms with Crippen molar-refractivity contribution in [3.05, 3.63) is 34.1 Å². The molecule has 1 aromatic carbocycles. The fourth-order valence-electron chi connectivity index (χ4n) is 1.25. The quantitative estimate of drug-likeness (QED) is 0.612. The van der Waals surface area contributed by atoms with Gasteiger partial charge in [-0.25, -0.2) is 8.42 Å². The fraction of sp³-hybridized carbons (Fsp3) is 0.300. The third kappa shape index (κ3) is 2.86. The van der Waals surface area contributed by atoms with E-state index in [0.29, 0.717) is 6.07 Å². The van der Waals surface area contributed by atoms with E-state index in [9.17, 15) is 22.9 Å². The molecule has 0 fully saturated rings. The second-order valence-electron chi connectivity index (χ2n) is 3.70. The molecule has 19 heavy (non-hydrogen) atoms. The minimum atomic E-state index is -4.07. The van der Waals surface area contributed by atoms with E-state index in [4.69, 9.17) is 5.26 Å². The summed E-state index contributed by atoms with van der Waals surface area (Å²) >= 11 is 0. The Hall–Kier alpha value is -2.05. The van der Waals surface area contributed by atoms with Crippen LogP contribution in [-0.4, -0.2) is 30.7 Å². The molecule has 0 aliphatic rings. The van der Waals surface area contributed by atoms with Crippen LogP contribution < -0.4 is 0 Å². The number of nitriles is 1. The van der Waals surface area contributed by atoms with Crippen LogP contribution in [0.25, 0.3) is 0 Å². The van der Waals surface area contributed by atoms with Gasteiger partial charge in [0.05, 0.1) is 15.9 Å². The smallest absolute Gasteiger partial charge is 0.258 e. The first kappa shape index (κ1) is 15.0. The predicted octanol–water partition coefficient (Wildman–Crippen LogP) is 1.27. The molecule has 1 atom stereocenters. The maximum atomic E-state index is 13.4. The molecule has 0 aliphatic carbocycles. The number of benzene rings is 1. The summed E-state index contributed by atoms with van der Waals surface area (Å²) in [6.07, 6.45) is 0. The van der Waals surface area contributed by atoms with Crippen LogP contribution in [0.3, 0.4) is 0 Å². The van der Waals surface area contributed by atoms with Gasteiger partial charge in [-0.2, -0.15) is 14.0 Å². The van der Waals surface area contributed by atoms with Gasteiger partial charge in [0.1, 0.15) is 6.04 Å². The molecule has 1 aromatic rings. The van der Waals surface area contributed by atoms with Crippen LogP contribution in [0, 0.1) is 27.3 Å². The largest absolute Gasteiger partial charge is 0.304 e. The Kier molecular flexibility index (Phi) is 4.18. The number of nitro groups is 1. The summed E-state index contributed by atoms with van der Waals surface area (Å²) in [4.78, 5) is 9.04. The molecule has 102 valence electrons. The van der Waals surface area contributed by atoms with E-state index < -0.39 is 37.4 Å². The molecule has 0 aliphatic heterocycles. The average Bonchev–Trinajstić information content (AvgIpc) is 2.36. The van der Waals surface area contributed by atoms with Gasteiger partial charge in [-0.05, 0) is 13.0 Å². The minimum absolute atomic E-state index is 0.444. The summed E-state index contributed by atoms with van der Waals surface area (Å²) in [6, 6.07) is 3.05. The summed E-state index contributed by atoms with van der Waals surface area (Å²) in [5.41, 5.74) is -0.810. The van der Waals surface area contributed by atoms with Crippen LogP contribution in [0.2, 0.25) is 0 Å². The normalized spacial score (nSPS) is 13.0. The average molecular weight is 287 g/mol. The fourth-order valence-corrected chi connectivity index (χ4v) is 2.54. The van der Waals surface area contributed by atoms with Gasteiger partial charge < -0.3 is 0 Å². The standard InChI is InChI=1S/C10H10FN3O4S/c1-7(6-12)13(2)19(17,18)8-3-4-10(14(15)16)9(11)5-8/h3-5,7H,1-2H3. The monoisotopic (exact) mass is 287 g/mol. The molecule has 0 amide bonds. The highest BCUT2D eigenvalue weighted by Crippen LogP contribution is 2.23. The van der Waals surface area contributed by atoms with Crippen molar-refractivity contribution in [3.8, 4) is 6.07 Å². The van der Waals surface area contributed by atoms with Crippen molar-refractivity contribution in [2.45, 2.75) is 17.9 Å². The number of halogens is 1. The third-order valence-electron chi connectivity index (χ3n) is 2.53. The molecule has 0 bridgehead atoms. The first-order chi connectivity index (χ1) is 8.71. The molecule has 0 saturated heterocycles. The summed E-state index contributed by atoms with van der Waals surface area (Å²) in [5, 5.41) is 19.1. The van der Waals surface area contributed by atoms with E-state index in [1.807, 2.05) is 0 Å². The molecular weight excluding hydrogens is 277 g/mol. The van der Waals surface area contributed by atoms with Crippen LogP contribution >= 0.6 is 0 Å². The molecule has 0 radical (unpaired) electrons. The van der Waals surface area contributed by atoms with Crippen molar-refractivity contribution < 1.29 is 17.7 Å². The number of hydrogen-bond donors (Lipinski definition) is 0. The lowest BCUT2D eigenvalue weighted by Crippen LogP contribution is -2.34. The van der Waals surface area contributed by atoms with Crippen LogP contribution in [0.5, 0.6) is 0 Å². The van der Waals surface area contributed by atoms with Crippen LogP contribution in [0.4, 0.5) is 10.1 Å². The summed E-state index contributed by atoms with van der Waals surface area (Å²) in [7, 11) is -2.90. The summed E-state index contributed by atoms with van der Waals surface area (Å²) in [5.74, 6) is -1.25. The van der Waals surface area contributed by atoms with Crippen molar-refractivity contribution in [2.75, 3.05) is 7.05 Å². The highest BCUT2D eigenvalue weighted by Gasteiger charge is 2.27. The number of rotatable bonds is 4. The van der Waals surface area contributed by atoms with Gasteiger partial charge in [0.25, 0.3) is 0 Å². The molecule has 0 heterocycles. The summed E-state index contributed by atoms with van der Waals surface area (Å²) in [6.45, 7) is 1.36. The van der Waals surface area contributed by atoms with Crippen molar-refractivity contribution >= 4 is 15.7 Å². The Bertz CT molecular complexity index is 653. The first-order valence-electron chi connectivity index (χ1n) is 5.03. The second kappa shape index (κ2) is 5.29. The van der Waals surface area contributed by atoms with E-state index in [1.54, 1.807) is 6.07 Å². The van der Waals surface area contributed by atoms with E-state index in [1.165, 1.54) is 14.0 Å². The highest BCUT2D eigenvalue weighted by atomic mass is 32.2. The maximum Gasteiger partial charge on any atom is 0.304 e. The van der Waals surface area contributed by atoms with Gasteiger partial charge in [-0.3, -0.25) is 10.1 Å². The third-order valence-corrected chi connectivity index (χ3v) is 4.45. The molecule has 1 unspecified atom stereocenters. The Morgan fingerprint density at radius 1 is 1.53 bits per heavy atom. The topological polar surface area (TPSA) is 104 Å². The van der Waals surface area contributed by atoms with Crippen LogP contribution in [0.1, 0.15) is 6.92 Å². The number of nitrogens with zero attached hydrogens (tertiary/aromatic N) is 3. The molecule has 0 N–H and O–H groups in total. The van der Waals surface area contributed by atoms with E-state index in [2.05, 4.69) is 0 Å². The Labute approximate surface area is 109 Å². The Balaban J connectivity index is 3.28. The van der Waals surface area contributed by atoms with Crippen molar-refractivity contribution in [1.29, 1.82) is 5.26 Å². The van der Waals surface area contributed by atoms with Gasteiger partial charge >= 0.3 is 5.69 Å². The molecule has 9 heteroatoms. The van der Waals surface area contributed by atoms with Gasteiger partial charge in [0, 0.05) is 19.2 Å². The predicted molar refractivity (Wildman–Crippen MR) is 63.1 cm³/mol. The molecule has 0 aromatic heterocycles. The van der Waals surface area contributed by atoms with Gasteiger partial charge in [-0.1, -0.05) is 0 Å². The number of sulfonamides is 1. The zero-order valence-electron chi connectivity index (χ0n) is 10.1.